The maximum absolute atomic E-state index is 11.4. The van der Waals surface area contributed by atoms with Gasteiger partial charge in [-0.25, -0.2) is 0 Å². The Labute approximate surface area is 87.4 Å². The molecule has 5 heteroatoms. The molecule has 0 spiro atoms. The van der Waals surface area contributed by atoms with Crippen LogP contribution in [0.3, 0.4) is 0 Å². The van der Waals surface area contributed by atoms with Gasteiger partial charge in [-0.05, 0) is 23.8 Å². The molecule has 0 aromatic carbocycles. The topological polar surface area (TPSA) is 49.4 Å². The zero-order chi connectivity index (χ0) is 9.97. The zero-order valence-electron chi connectivity index (χ0n) is 7.99. The van der Waals surface area contributed by atoms with Gasteiger partial charge < -0.3 is 10.2 Å². The summed E-state index contributed by atoms with van der Waals surface area (Å²) in [6, 6.07) is 0. The van der Waals surface area contributed by atoms with Crippen molar-refractivity contribution < 1.29 is 9.59 Å². The first kappa shape index (κ1) is 9.83. The molecule has 2 amide bonds. The van der Waals surface area contributed by atoms with Gasteiger partial charge in [-0.3, -0.25) is 9.59 Å². The Morgan fingerprint density at radius 2 is 2.36 bits per heavy atom. The van der Waals surface area contributed by atoms with Crippen molar-refractivity contribution in [2.75, 3.05) is 31.1 Å². The first-order chi connectivity index (χ1) is 6.75. The second-order valence-electron chi connectivity index (χ2n) is 3.78. The maximum atomic E-state index is 11.4. The highest BCUT2D eigenvalue weighted by Crippen LogP contribution is 2.24. The van der Waals surface area contributed by atoms with Crippen molar-refractivity contribution in [1.82, 2.24) is 10.2 Å². The van der Waals surface area contributed by atoms with Gasteiger partial charge in [-0.15, -0.1) is 0 Å². The van der Waals surface area contributed by atoms with Crippen LogP contribution in [0, 0.1) is 5.92 Å². The van der Waals surface area contributed by atoms with Crippen LogP contribution in [-0.2, 0) is 9.59 Å². The van der Waals surface area contributed by atoms with Crippen LogP contribution < -0.4 is 5.32 Å². The standard InChI is InChI=1S/C9H14N2O2S/c12-8-5-11(9(13)3-10-8)4-7-1-2-14-6-7/h7H,1-6H2,(H,10,12). The van der Waals surface area contributed by atoms with Gasteiger partial charge in [0, 0.05) is 6.54 Å². The Morgan fingerprint density at radius 3 is 3.07 bits per heavy atom. The Kier molecular flexibility index (Phi) is 2.96. The van der Waals surface area contributed by atoms with E-state index in [0.717, 1.165) is 12.3 Å². The number of nitrogens with one attached hydrogen (secondary N) is 1. The molecule has 2 rings (SSSR count). The van der Waals surface area contributed by atoms with Crippen LogP contribution in [0.4, 0.5) is 0 Å². The van der Waals surface area contributed by atoms with Crippen LogP contribution >= 0.6 is 11.8 Å². The lowest BCUT2D eigenvalue weighted by Crippen LogP contribution is -2.52. The van der Waals surface area contributed by atoms with E-state index in [1.807, 2.05) is 11.8 Å². The van der Waals surface area contributed by atoms with E-state index in [-0.39, 0.29) is 24.9 Å². The van der Waals surface area contributed by atoms with E-state index < -0.39 is 0 Å². The summed E-state index contributed by atoms with van der Waals surface area (Å²) in [7, 11) is 0. The van der Waals surface area contributed by atoms with E-state index in [4.69, 9.17) is 0 Å². The predicted octanol–water partition coefficient (Wildman–Crippen LogP) is -0.302. The predicted molar refractivity (Wildman–Crippen MR) is 55.0 cm³/mol. The molecule has 2 aliphatic rings. The minimum absolute atomic E-state index is 0.0322. The van der Waals surface area contributed by atoms with E-state index in [2.05, 4.69) is 5.32 Å². The van der Waals surface area contributed by atoms with Crippen LogP contribution in [-0.4, -0.2) is 47.9 Å². The average molecular weight is 214 g/mol. The first-order valence-corrected chi connectivity index (χ1v) is 6.03. The number of carbonyl (C=O) groups excluding carboxylic acids is 2. The summed E-state index contributed by atoms with van der Waals surface area (Å²) >= 11 is 1.93. The van der Waals surface area contributed by atoms with Gasteiger partial charge >= 0.3 is 0 Å². The number of thioether (sulfide) groups is 1. The van der Waals surface area contributed by atoms with E-state index in [9.17, 15) is 9.59 Å². The largest absolute Gasteiger partial charge is 0.345 e. The van der Waals surface area contributed by atoms with Gasteiger partial charge in [0.15, 0.2) is 0 Å². The number of carbonyl (C=O) groups is 2. The lowest BCUT2D eigenvalue weighted by molar-refractivity contribution is -0.141. The molecule has 0 bridgehead atoms. The van der Waals surface area contributed by atoms with Crippen molar-refractivity contribution in [3.63, 3.8) is 0 Å². The molecule has 1 atom stereocenters. The fraction of sp³-hybridized carbons (Fsp3) is 0.778. The molecule has 2 heterocycles. The number of rotatable bonds is 2. The van der Waals surface area contributed by atoms with Crippen molar-refractivity contribution in [3.8, 4) is 0 Å². The van der Waals surface area contributed by atoms with Gasteiger partial charge in [0.25, 0.3) is 0 Å². The van der Waals surface area contributed by atoms with Gasteiger partial charge in [-0.1, -0.05) is 0 Å². The van der Waals surface area contributed by atoms with Crippen LogP contribution in [0.2, 0.25) is 0 Å². The zero-order valence-corrected chi connectivity index (χ0v) is 8.81. The minimum atomic E-state index is -0.0322. The van der Waals surface area contributed by atoms with Crippen LogP contribution in [0.15, 0.2) is 0 Å². The maximum Gasteiger partial charge on any atom is 0.242 e. The highest BCUT2D eigenvalue weighted by atomic mass is 32.2. The van der Waals surface area contributed by atoms with E-state index in [0.29, 0.717) is 5.92 Å². The third-order valence-corrected chi connectivity index (χ3v) is 3.86. The van der Waals surface area contributed by atoms with Gasteiger partial charge in [-0.2, -0.15) is 11.8 Å². The van der Waals surface area contributed by atoms with E-state index in [1.165, 1.54) is 12.2 Å². The third-order valence-electron chi connectivity index (χ3n) is 2.63. The van der Waals surface area contributed by atoms with Gasteiger partial charge in [0.1, 0.15) is 0 Å². The van der Waals surface area contributed by atoms with Crippen molar-refractivity contribution in [2.45, 2.75) is 6.42 Å². The molecule has 1 N–H and O–H groups in total. The summed E-state index contributed by atoms with van der Waals surface area (Å²) in [5, 5.41) is 2.55. The molecule has 0 radical (unpaired) electrons. The van der Waals surface area contributed by atoms with Crippen molar-refractivity contribution >= 4 is 23.6 Å². The highest BCUT2D eigenvalue weighted by molar-refractivity contribution is 7.99. The summed E-state index contributed by atoms with van der Waals surface area (Å²) in [4.78, 5) is 24.2. The molecule has 0 aliphatic carbocycles. The Hall–Kier alpha value is -0.710. The number of hydrogen-bond acceptors (Lipinski definition) is 3. The third kappa shape index (κ3) is 2.20. The lowest BCUT2D eigenvalue weighted by Gasteiger charge is -2.28. The van der Waals surface area contributed by atoms with Crippen LogP contribution in [0.25, 0.3) is 0 Å². The summed E-state index contributed by atoms with van der Waals surface area (Å²) in [6.45, 7) is 1.19. The summed E-state index contributed by atoms with van der Waals surface area (Å²) in [5.41, 5.74) is 0. The second kappa shape index (κ2) is 4.21. The number of nitrogens with zero attached hydrogens (tertiary/aromatic N) is 1. The Bertz CT molecular complexity index is 251. The molecule has 78 valence electrons. The second-order valence-corrected chi connectivity index (χ2v) is 4.93. The Balaban J connectivity index is 1.88. The molecule has 1 unspecified atom stereocenters. The van der Waals surface area contributed by atoms with Crippen molar-refractivity contribution in [2.24, 2.45) is 5.92 Å². The SMILES string of the molecule is O=C1CN(CC2CCSC2)C(=O)CN1. The molecular formula is C9H14N2O2S. The van der Waals surface area contributed by atoms with Gasteiger partial charge in [0.2, 0.25) is 11.8 Å². The summed E-state index contributed by atoms with van der Waals surface area (Å²) in [6.07, 6.45) is 1.18. The number of amides is 2. The molecule has 2 aliphatic heterocycles. The number of hydrogen-bond donors (Lipinski definition) is 1. The molecule has 0 aromatic rings. The highest BCUT2D eigenvalue weighted by Gasteiger charge is 2.26. The molecule has 14 heavy (non-hydrogen) atoms. The van der Waals surface area contributed by atoms with E-state index >= 15 is 0 Å². The fourth-order valence-electron chi connectivity index (χ4n) is 1.81. The van der Waals surface area contributed by atoms with Gasteiger partial charge in [0.05, 0.1) is 13.1 Å². The molecule has 0 saturated carbocycles. The normalized spacial score (nSPS) is 28.0. The van der Waals surface area contributed by atoms with Crippen molar-refractivity contribution in [1.29, 1.82) is 0 Å². The molecule has 2 fully saturated rings. The summed E-state index contributed by atoms with van der Waals surface area (Å²) < 4.78 is 0. The molecule has 4 nitrogen and oxygen atoms in total. The molecular weight excluding hydrogens is 200 g/mol. The lowest BCUT2D eigenvalue weighted by atomic mass is 10.1. The molecule has 0 aromatic heterocycles. The summed E-state index contributed by atoms with van der Waals surface area (Å²) in [5.74, 6) is 2.94. The fourth-order valence-corrected chi connectivity index (χ4v) is 3.08. The van der Waals surface area contributed by atoms with Crippen LogP contribution in [0.5, 0.6) is 0 Å². The van der Waals surface area contributed by atoms with Crippen LogP contribution in [0.1, 0.15) is 6.42 Å². The monoisotopic (exact) mass is 214 g/mol. The quantitative estimate of drug-likeness (QED) is 0.686. The average Bonchev–Trinajstić information content (AvgIpc) is 2.64. The van der Waals surface area contributed by atoms with E-state index in [1.54, 1.807) is 4.90 Å². The van der Waals surface area contributed by atoms with Crippen molar-refractivity contribution in [3.05, 3.63) is 0 Å². The molecule has 2 saturated heterocycles. The number of piperazine rings is 1. The smallest absolute Gasteiger partial charge is 0.242 e. The Morgan fingerprint density at radius 1 is 1.50 bits per heavy atom. The minimum Gasteiger partial charge on any atom is -0.345 e. The first-order valence-electron chi connectivity index (χ1n) is 4.88.